The number of alkyl carbamates (subject to hydrolysis) is 1. The van der Waals surface area contributed by atoms with Crippen molar-refractivity contribution in [2.75, 3.05) is 0 Å². The van der Waals surface area contributed by atoms with Gasteiger partial charge in [0, 0.05) is 18.8 Å². The molecule has 0 bridgehead atoms. The van der Waals surface area contributed by atoms with Gasteiger partial charge in [-0.25, -0.2) is 13.6 Å². The molecule has 6 heteroatoms. The van der Waals surface area contributed by atoms with Crippen molar-refractivity contribution in [3.63, 3.8) is 0 Å². The van der Waals surface area contributed by atoms with Gasteiger partial charge in [0.2, 0.25) is 0 Å². The van der Waals surface area contributed by atoms with Crippen LogP contribution in [0.15, 0.2) is 0 Å². The van der Waals surface area contributed by atoms with Gasteiger partial charge in [0.25, 0.3) is 5.92 Å². The summed E-state index contributed by atoms with van der Waals surface area (Å²) in [5.74, 6) is -3.97. The standard InChI is InChI=1S/C12H19F2NO3/c1-7(15-10(17)18-11(2,3)4)9(16)5-8-6-12(8,13)14/h7-8H,5-6H2,1-4H3,(H,15,17)/t7-,8?/m1/s1. The Morgan fingerprint density at radius 1 is 1.44 bits per heavy atom. The molecule has 1 saturated carbocycles. The minimum atomic E-state index is -2.71. The second kappa shape index (κ2) is 4.82. The van der Waals surface area contributed by atoms with Crippen molar-refractivity contribution in [3.05, 3.63) is 0 Å². The number of carbonyl (C=O) groups excluding carboxylic acids is 2. The first-order valence-electron chi connectivity index (χ1n) is 5.91. The van der Waals surface area contributed by atoms with E-state index < -0.39 is 35.4 Å². The predicted molar refractivity (Wildman–Crippen MR) is 61.5 cm³/mol. The van der Waals surface area contributed by atoms with E-state index in [-0.39, 0.29) is 12.8 Å². The number of nitrogens with one attached hydrogen (secondary N) is 1. The molecule has 1 unspecified atom stereocenters. The molecule has 1 rings (SSSR count). The molecule has 0 radical (unpaired) electrons. The molecule has 0 heterocycles. The largest absolute Gasteiger partial charge is 0.444 e. The second-order valence-corrected chi connectivity index (χ2v) is 5.70. The topological polar surface area (TPSA) is 55.4 Å². The zero-order valence-electron chi connectivity index (χ0n) is 11.0. The fraction of sp³-hybridized carbons (Fsp3) is 0.833. The lowest BCUT2D eigenvalue weighted by atomic mass is 10.1. The number of rotatable bonds is 4. The third-order valence-electron chi connectivity index (χ3n) is 2.62. The Kier molecular flexibility index (Phi) is 3.98. The van der Waals surface area contributed by atoms with E-state index in [1.165, 1.54) is 6.92 Å². The van der Waals surface area contributed by atoms with Crippen LogP contribution < -0.4 is 5.32 Å². The SMILES string of the molecule is C[C@@H](NC(=O)OC(C)(C)C)C(=O)CC1CC1(F)F. The van der Waals surface area contributed by atoms with Crippen molar-refractivity contribution in [1.29, 1.82) is 0 Å². The quantitative estimate of drug-likeness (QED) is 0.848. The number of halogens is 2. The molecule has 1 amide bonds. The Morgan fingerprint density at radius 3 is 2.33 bits per heavy atom. The predicted octanol–water partition coefficient (Wildman–Crippen LogP) is 2.51. The number of carbonyl (C=O) groups is 2. The maximum Gasteiger partial charge on any atom is 0.408 e. The molecule has 0 aromatic carbocycles. The molecule has 1 fully saturated rings. The van der Waals surface area contributed by atoms with Gasteiger partial charge in [-0.3, -0.25) is 4.79 Å². The molecule has 1 aliphatic rings. The van der Waals surface area contributed by atoms with Gasteiger partial charge in [-0.1, -0.05) is 0 Å². The summed E-state index contributed by atoms with van der Waals surface area (Å²) in [7, 11) is 0. The fourth-order valence-electron chi connectivity index (χ4n) is 1.48. The van der Waals surface area contributed by atoms with Gasteiger partial charge in [0.05, 0.1) is 6.04 Å². The van der Waals surface area contributed by atoms with Crippen LogP contribution in [0.25, 0.3) is 0 Å². The molecular weight excluding hydrogens is 244 g/mol. The number of hydrogen-bond acceptors (Lipinski definition) is 3. The van der Waals surface area contributed by atoms with Crippen LogP contribution in [-0.2, 0) is 9.53 Å². The monoisotopic (exact) mass is 263 g/mol. The van der Waals surface area contributed by atoms with Crippen LogP contribution in [0.1, 0.15) is 40.5 Å². The van der Waals surface area contributed by atoms with Crippen molar-refractivity contribution in [1.82, 2.24) is 5.32 Å². The normalized spacial score (nSPS) is 23.1. The van der Waals surface area contributed by atoms with Crippen molar-refractivity contribution in [2.24, 2.45) is 5.92 Å². The van der Waals surface area contributed by atoms with E-state index >= 15 is 0 Å². The number of Topliss-reactive ketones (excluding diaryl/α,β-unsaturated/α-hetero) is 1. The maximum atomic E-state index is 12.6. The van der Waals surface area contributed by atoms with Gasteiger partial charge in [-0.05, 0) is 27.7 Å². The summed E-state index contributed by atoms with van der Waals surface area (Å²) >= 11 is 0. The van der Waals surface area contributed by atoms with Crippen LogP contribution in [0.3, 0.4) is 0 Å². The summed E-state index contributed by atoms with van der Waals surface area (Å²) in [5.41, 5.74) is -0.656. The van der Waals surface area contributed by atoms with Crippen LogP contribution >= 0.6 is 0 Å². The molecule has 0 aromatic heterocycles. The number of amides is 1. The van der Waals surface area contributed by atoms with Crippen molar-refractivity contribution >= 4 is 11.9 Å². The van der Waals surface area contributed by atoms with E-state index in [0.29, 0.717) is 0 Å². The lowest BCUT2D eigenvalue weighted by Crippen LogP contribution is -2.41. The fourth-order valence-corrected chi connectivity index (χ4v) is 1.48. The molecule has 104 valence electrons. The Morgan fingerprint density at radius 2 is 1.94 bits per heavy atom. The molecule has 0 saturated heterocycles. The van der Waals surface area contributed by atoms with Gasteiger partial charge >= 0.3 is 6.09 Å². The summed E-state index contributed by atoms with van der Waals surface area (Å²) in [6.45, 7) is 6.56. The minimum Gasteiger partial charge on any atom is -0.444 e. The molecule has 0 aromatic rings. The summed E-state index contributed by atoms with van der Waals surface area (Å²) in [6.07, 6.45) is -1.16. The zero-order valence-corrected chi connectivity index (χ0v) is 11.0. The Labute approximate surface area is 105 Å². The van der Waals surface area contributed by atoms with Gasteiger partial charge in [-0.2, -0.15) is 0 Å². The van der Waals surface area contributed by atoms with Crippen LogP contribution in [0, 0.1) is 5.92 Å². The lowest BCUT2D eigenvalue weighted by Gasteiger charge is -2.21. The first-order valence-corrected chi connectivity index (χ1v) is 5.91. The minimum absolute atomic E-state index is 0.204. The highest BCUT2D eigenvalue weighted by atomic mass is 19.3. The zero-order chi connectivity index (χ0) is 14.1. The van der Waals surface area contributed by atoms with Crippen molar-refractivity contribution in [3.8, 4) is 0 Å². The molecule has 1 N–H and O–H groups in total. The van der Waals surface area contributed by atoms with Crippen LogP contribution in [-0.4, -0.2) is 29.4 Å². The van der Waals surface area contributed by atoms with E-state index in [0.717, 1.165) is 0 Å². The number of ketones is 1. The van der Waals surface area contributed by atoms with Crippen molar-refractivity contribution < 1.29 is 23.1 Å². The Balaban J connectivity index is 2.34. The second-order valence-electron chi connectivity index (χ2n) is 5.70. The number of hydrogen-bond donors (Lipinski definition) is 1. The average molecular weight is 263 g/mol. The van der Waals surface area contributed by atoms with E-state index in [1.807, 2.05) is 0 Å². The summed E-state index contributed by atoms with van der Waals surface area (Å²) < 4.78 is 30.3. The smallest absolute Gasteiger partial charge is 0.408 e. The van der Waals surface area contributed by atoms with Gasteiger partial charge in [0.1, 0.15) is 5.60 Å². The molecule has 0 aliphatic heterocycles. The molecule has 2 atom stereocenters. The van der Waals surface area contributed by atoms with Crippen LogP contribution in [0.2, 0.25) is 0 Å². The molecule has 18 heavy (non-hydrogen) atoms. The third-order valence-corrected chi connectivity index (χ3v) is 2.62. The summed E-state index contributed by atoms with van der Waals surface area (Å²) in [4.78, 5) is 22.9. The van der Waals surface area contributed by atoms with Crippen LogP contribution in [0.5, 0.6) is 0 Å². The van der Waals surface area contributed by atoms with E-state index in [9.17, 15) is 18.4 Å². The first-order chi connectivity index (χ1) is 8.01. The number of ether oxygens (including phenoxy) is 1. The molecule has 1 aliphatic carbocycles. The maximum absolute atomic E-state index is 12.6. The summed E-state index contributed by atoms with van der Waals surface area (Å²) in [5, 5.41) is 2.34. The Hall–Kier alpha value is -1.20. The van der Waals surface area contributed by atoms with E-state index in [1.54, 1.807) is 20.8 Å². The van der Waals surface area contributed by atoms with Crippen molar-refractivity contribution in [2.45, 2.75) is 58.1 Å². The average Bonchev–Trinajstić information content (AvgIpc) is 2.69. The lowest BCUT2D eigenvalue weighted by molar-refractivity contribution is -0.121. The van der Waals surface area contributed by atoms with Gasteiger partial charge < -0.3 is 10.1 Å². The highest BCUT2D eigenvalue weighted by Crippen LogP contribution is 2.50. The number of alkyl halides is 2. The summed E-state index contributed by atoms with van der Waals surface area (Å²) in [6, 6.07) is -0.809. The highest BCUT2D eigenvalue weighted by Gasteiger charge is 2.57. The van der Waals surface area contributed by atoms with E-state index in [4.69, 9.17) is 4.74 Å². The van der Waals surface area contributed by atoms with Gasteiger partial charge in [0.15, 0.2) is 5.78 Å². The molecular formula is C12H19F2NO3. The van der Waals surface area contributed by atoms with Crippen LogP contribution in [0.4, 0.5) is 13.6 Å². The first kappa shape index (κ1) is 14.9. The molecule has 0 spiro atoms. The molecule has 4 nitrogen and oxygen atoms in total. The Bertz CT molecular complexity index is 350. The highest BCUT2D eigenvalue weighted by molar-refractivity contribution is 5.87. The van der Waals surface area contributed by atoms with E-state index in [2.05, 4.69) is 5.32 Å². The third kappa shape index (κ3) is 4.58. The van der Waals surface area contributed by atoms with Gasteiger partial charge in [-0.15, -0.1) is 0 Å².